The number of aromatic nitrogens is 8. The van der Waals surface area contributed by atoms with Crippen molar-refractivity contribution in [2.75, 3.05) is 0 Å². The molecule has 0 radical (unpaired) electrons. The molecule has 6 aliphatic carbocycles. The van der Waals surface area contributed by atoms with Gasteiger partial charge in [0.2, 0.25) is 0 Å². The molecule has 12 heteroatoms. The second-order valence-corrected chi connectivity index (χ2v) is 36.4. The molecule has 10 aliphatic rings. The van der Waals surface area contributed by atoms with Crippen LogP contribution in [0.3, 0.4) is 0 Å². The normalized spacial score (nSPS) is 24.5. The van der Waals surface area contributed by atoms with Gasteiger partial charge in [0.15, 0.2) is 0 Å². The molecule has 0 amide bonds. The number of rotatable bonds is 12. The monoisotopic (exact) mass is 1580 g/mol. The molecule has 600 valence electrons. The molecule has 6 aromatic carbocycles. The summed E-state index contributed by atoms with van der Waals surface area (Å²) in [5, 5.41) is 0. The number of fused-ring (bicyclic) bond motifs is 21. The first-order chi connectivity index (χ1) is 59.5. The molecule has 22 rings (SSSR count). The maximum absolute atomic E-state index is 15.0. The molecule has 0 saturated heterocycles. The van der Waals surface area contributed by atoms with Crippen molar-refractivity contribution in [1.82, 2.24) is 39.9 Å². The van der Waals surface area contributed by atoms with E-state index in [2.05, 4.69) is 313 Å². The highest BCUT2D eigenvalue weighted by molar-refractivity contribution is 6.01. The van der Waals surface area contributed by atoms with Crippen molar-refractivity contribution >= 4 is 105 Å². The third kappa shape index (κ3) is 13.5. The predicted octanol–water partition coefficient (Wildman–Crippen LogP) is 26.7. The lowest BCUT2D eigenvalue weighted by Gasteiger charge is -2.60. The predicted molar refractivity (Wildman–Crippen MR) is 491 cm³/mol. The number of carbonyl (C=O) groups is 2. The highest BCUT2D eigenvalue weighted by Crippen LogP contribution is 2.67. The van der Waals surface area contributed by atoms with Gasteiger partial charge in [0.05, 0.1) is 57.4 Å². The Morgan fingerprint density at radius 3 is 0.950 bits per heavy atom. The van der Waals surface area contributed by atoms with E-state index in [4.69, 9.17) is 29.4 Å². The van der Waals surface area contributed by atoms with E-state index in [1.165, 1.54) is 17.5 Å². The number of hydrogen-bond acceptors (Lipinski definition) is 8. The number of ether oxygens (including phenoxy) is 2. The van der Waals surface area contributed by atoms with Crippen molar-refractivity contribution < 1.29 is 19.1 Å². The Kier molecular flexibility index (Phi) is 19.1. The zero-order chi connectivity index (χ0) is 80.9. The van der Waals surface area contributed by atoms with Gasteiger partial charge in [-0.1, -0.05) is 196 Å². The Bertz CT molecular complexity index is 6460. The van der Waals surface area contributed by atoms with Gasteiger partial charge in [0.25, 0.3) is 0 Å². The second-order valence-electron chi connectivity index (χ2n) is 36.4. The Labute approximate surface area is 706 Å². The molecule has 8 atom stereocenters. The summed E-state index contributed by atoms with van der Waals surface area (Å²) in [6.45, 7) is 5.09. The van der Waals surface area contributed by atoms with E-state index in [-0.39, 0.29) is 58.6 Å². The number of carbonyl (C=O) groups excluding carboxylic acids is 2. The molecule has 12 aromatic rings. The lowest BCUT2D eigenvalue weighted by atomic mass is 9.45. The summed E-state index contributed by atoms with van der Waals surface area (Å²) in [5.74, 6) is 2.21. The van der Waals surface area contributed by atoms with Gasteiger partial charge in [-0.3, -0.25) is 9.59 Å². The first-order valence-corrected chi connectivity index (χ1v) is 44.5. The lowest BCUT2D eigenvalue weighted by Crippen LogP contribution is -2.55. The zero-order valence-electron chi connectivity index (χ0n) is 68.8. The number of nitrogens with zero attached hydrogens (tertiary/aromatic N) is 4. The van der Waals surface area contributed by atoms with Crippen LogP contribution in [0, 0.1) is 46.3 Å². The van der Waals surface area contributed by atoms with Gasteiger partial charge in [0.1, 0.15) is 12.2 Å². The van der Waals surface area contributed by atoms with E-state index < -0.39 is 0 Å². The Morgan fingerprint density at radius 1 is 0.298 bits per heavy atom. The SMILES string of the molecule is C[C@]12CC[C@@H](OC(=O)C3CCC(c4c5nc(c(-c6ccccc6)c6ccc([nH]6)c(-c6ccccc6)c6nc(c(-c7ccccc7)c7ccc4[nH]7)C=C6)C=C5)CC3)C[C@@H]1CC[C@@H]1[C@@H]2CC[C@]2(C)[C@H](OC(=O)C3CCC(c4c5nc(c(-c6ccccc6)c6ccc([nH]6)c(-c6ccccc6)c6nc(c(-c7ccccc7)c7ccc4[nH]7)C=C6)C=C5)CC3)CC[C@@H]12. The molecule has 4 N–H and O–H groups in total. The van der Waals surface area contributed by atoms with Crippen LogP contribution >= 0.6 is 0 Å². The van der Waals surface area contributed by atoms with Gasteiger partial charge in [-0.25, -0.2) is 19.9 Å². The van der Waals surface area contributed by atoms with Crippen LogP contribution in [-0.4, -0.2) is 64.0 Å². The number of nitrogens with one attached hydrogen (secondary N) is 4. The van der Waals surface area contributed by atoms with Gasteiger partial charge in [-0.2, -0.15) is 0 Å². The molecular weight excluding hydrogens is 1490 g/mol. The van der Waals surface area contributed by atoms with Gasteiger partial charge in [-0.05, 0) is 281 Å². The van der Waals surface area contributed by atoms with Gasteiger partial charge < -0.3 is 29.4 Å². The number of hydrogen-bond donors (Lipinski definition) is 4. The highest BCUT2D eigenvalue weighted by atomic mass is 16.5. The smallest absolute Gasteiger partial charge is 0.309 e. The van der Waals surface area contributed by atoms with E-state index in [1.807, 2.05) is 0 Å². The summed E-state index contributed by atoms with van der Waals surface area (Å²) in [4.78, 5) is 67.7. The molecule has 121 heavy (non-hydrogen) atoms. The van der Waals surface area contributed by atoms with Gasteiger partial charge >= 0.3 is 11.9 Å². The molecule has 4 aliphatic heterocycles. The molecule has 6 fully saturated rings. The average molecular weight is 1590 g/mol. The zero-order valence-corrected chi connectivity index (χ0v) is 68.8. The Morgan fingerprint density at radius 2 is 0.595 bits per heavy atom. The first kappa shape index (κ1) is 74.7. The number of aromatic amines is 4. The quantitative estimate of drug-likeness (QED) is 0.0877. The van der Waals surface area contributed by atoms with Crippen molar-refractivity contribution in [1.29, 1.82) is 0 Å². The van der Waals surface area contributed by atoms with Crippen LogP contribution in [0.1, 0.15) is 192 Å². The minimum atomic E-state index is -0.160. The van der Waals surface area contributed by atoms with Crippen molar-refractivity contribution in [2.45, 2.75) is 147 Å². The summed E-state index contributed by atoms with van der Waals surface area (Å²) in [5.41, 5.74) is 30.3. The first-order valence-electron chi connectivity index (χ1n) is 44.5. The molecule has 0 spiro atoms. The summed E-state index contributed by atoms with van der Waals surface area (Å²) < 4.78 is 13.7. The second kappa shape index (κ2) is 30.9. The average Bonchev–Trinajstić information content (AvgIpc) is 1.70. The number of esters is 2. The van der Waals surface area contributed by atoms with Crippen molar-refractivity contribution in [2.24, 2.45) is 46.3 Å². The molecule has 16 bridgehead atoms. The maximum atomic E-state index is 15.0. The van der Waals surface area contributed by atoms with Crippen LogP contribution in [-0.2, 0) is 19.1 Å². The maximum Gasteiger partial charge on any atom is 0.309 e. The van der Waals surface area contributed by atoms with Gasteiger partial charge in [0, 0.05) is 94.1 Å². The number of benzene rings is 6. The number of H-pyrrole nitrogens is 4. The van der Waals surface area contributed by atoms with E-state index in [0.717, 1.165) is 259 Å². The minimum absolute atomic E-state index is 0.00123. The standard InChI is InChI=1S/C109H100N8O4/c1-108-63-61-77(120-106(118)74-37-33-72(34-38-74)104-93-56-52-89(114-93)100(68-25-13-5-14-26-68)85-48-44-81(110-85)98(66-21-9-3-10-22-66)82-45-49-86(111-82)101(69-27-15-6-16-28-69)90-53-57-94(104)115-90)65-76(108)41-42-78-79-43-60-97(109(79,2)64-62-80(78)108)121-107(119)75-39-35-73(36-40-75)105-95-58-54-91(116-95)102(70-29-17-7-18-30-70)87-50-46-83(112-87)99(67-23-11-4-12-24-67)84-47-51-88(113-84)103(71-31-19-8-20-32-71)92-55-59-96(105)117-92/h3-32,44-59,72-80,97,110,112,115,117H,33-43,60-65H2,1-2H3/t72?,73?,74?,75?,76-,77+,78-,79-,80-,97+,108-,109-/m0/s1. The van der Waals surface area contributed by atoms with Crippen LogP contribution < -0.4 is 0 Å². The van der Waals surface area contributed by atoms with Crippen molar-refractivity contribution in [3.8, 4) is 66.8 Å². The molecule has 12 nitrogen and oxygen atoms in total. The summed E-state index contributed by atoms with van der Waals surface area (Å²) in [6.07, 6.45) is 33.3. The van der Waals surface area contributed by atoms with Crippen LogP contribution in [0.4, 0.5) is 0 Å². The lowest BCUT2D eigenvalue weighted by molar-refractivity contribution is -0.174. The largest absolute Gasteiger partial charge is 0.462 e. The van der Waals surface area contributed by atoms with Crippen LogP contribution in [0.25, 0.3) is 160 Å². The fourth-order valence-electron chi connectivity index (χ4n) is 24.0. The minimum Gasteiger partial charge on any atom is -0.462 e. The van der Waals surface area contributed by atoms with Crippen LogP contribution in [0.15, 0.2) is 231 Å². The molecule has 0 unspecified atom stereocenters. The van der Waals surface area contributed by atoms with E-state index in [9.17, 15) is 9.59 Å². The summed E-state index contributed by atoms with van der Waals surface area (Å²) in [6, 6.07) is 81.3. The highest BCUT2D eigenvalue weighted by Gasteiger charge is 2.62. The fourth-order valence-corrected chi connectivity index (χ4v) is 24.0. The Hall–Kier alpha value is -12.5. The van der Waals surface area contributed by atoms with E-state index in [1.54, 1.807) is 0 Å². The molecular formula is C109H100N8O4. The topological polar surface area (TPSA) is 167 Å². The molecule has 10 heterocycles. The Balaban J connectivity index is 0.486. The molecule has 6 aromatic heterocycles. The van der Waals surface area contributed by atoms with Crippen LogP contribution in [0.5, 0.6) is 0 Å². The van der Waals surface area contributed by atoms with Crippen molar-refractivity contribution in [3.63, 3.8) is 0 Å². The van der Waals surface area contributed by atoms with Crippen LogP contribution in [0.2, 0.25) is 0 Å². The van der Waals surface area contributed by atoms with E-state index >= 15 is 0 Å². The third-order valence-corrected chi connectivity index (χ3v) is 30.0. The van der Waals surface area contributed by atoms with E-state index in [0.29, 0.717) is 23.7 Å². The summed E-state index contributed by atoms with van der Waals surface area (Å²) >= 11 is 0. The van der Waals surface area contributed by atoms with Crippen molar-refractivity contribution in [3.05, 3.63) is 287 Å². The molecule has 6 saturated carbocycles. The fraction of sp³-hybridized carbons (Fsp3) is 0.284. The summed E-state index contributed by atoms with van der Waals surface area (Å²) in [7, 11) is 0. The third-order valence-electron chi connectivity index (χ3n) is 30.0. The van der Waals surface area contributed by atoms with Gasteiger partial charge in [-0.15, -0.1) is 0 Å².